The topological polar surface area (TPSA) is 76.1 Å². The number of ether oxygens (including phenoxy) is 2. The third kappa shape index (κ3) is 5.24. The highest BCUT2D eigenvalue weighted by Gasteiger charge is 2.47. The third-order valence-corrected chi connectivity index (χ3v) is 6.45. The molecule has 1 aliphatic rings. The Morgan fingerprint density at radius 2 is 1.62 bits per heavy atom. The number of carbonyl (C=O) groups excluding carboxylic acids is 2. The predicted molar refractivity (Wildman–Crippen MR) is 145 cm³/mol. The van der Waals surface area contributed by atoms with E-state index in [-0.39, 0.29) is 16.7 Å². The van der Waals surface area contributed by atoms with Crippen LogP contribution in [0.1, 0.15) is 56.8 Å². The minimum Gasteiger partial charge on any atom is -0.507 e. The van der Waals surface area contributed by atoms with Crippen LogP contribution in [0.3, 0.4) is 0 Å². The summed E-state index contributed by atoms with van der Waals surface area (Å²) in [4.78, 5) is 28.4. The maximum Gasteiger partial charge on any atom is 0.300 e. The molecule has 0 radical (unpaired) electrons. The zero-order valence-electron chi connectivity index (χ0n) is 21.9. The number of aliphatic hydroxyl groups excluding tert-OH is 1. The fraction of sp³-hybridized carbons (Fsp3) is 0.290. The summed E-state index contributed by atoms with van der Waals surface area (Å²) in [5, 5.41) is 11.4. The van der Waals surface area contributed by atoms with Gasteiger partial charge in [-0.25, -0.2) is 0 Å². The van der Waals surface area contributed by atoms with Crippen LogP contribution in [0, 0.1) is 0 Å². The summed E-state index contributed by atoms with van der Waals surface area (Å²) in [5.74, 6) is -0.528. The van der Waals surface area contributed by atoms with Gasteiger partial charge < -0.3 is 14.6 Å². The molecule has 1 atom stereocenters. The normalized spacial score (nSPS) is 17.2. The van der Waals surface area contributed by atoms with Crippen LogP contribution in [0.15, 0.2) is 78.4 Å². The molecule has 6 nitrogen and oxygen atoms in total. The molecule has 1 saturated heterocycles. The van der Waals surface area contributed by atoms with Crippen molar-refractivity contribution in [1.82, 2.24) is 0 Å². The highest BCUT2D eigenvalue weighted by Crippen LogP contribution is 2.43. The first-order chi connectivity index (χ1) is 17.7. The fourth-order valence-corrected chi connectivity index (χ4v) is 4.46. The van der Waals surface area contributed by atoms with Crippen molar-refractivity contribution in [2.45, 2.75) is 45.6 Å². The van der Waals surface area contributed by atoms with E-state index in [0.717, 1.165) is 12.0 Å². The monoisotopic (exact) mass is 499 g/mol. The van der Waals surface area contributed by atoms with Gasteiger partial charge in [-0.05, 0) is 59.4 Å². The van der Waals surface area contributed by atoms with Crippen LogP contribution in [0.2, 0.25) is 0 Å². The Labute approximate surface area is 218 Å². The van der Waals surface area contributed by atoms with E-state index < -0.39 is 17.7 Å². The molecule has 1 N–H and O–H groups in total. The summed E-state index contributed by atoms with van der Waals surface area (Å²) in [6, 6.07) is 20.9. The van der Waals surface area contributed by atoms with Crippen molar-refractivity contribution < 1.29 is 24.2 Å². The lowest BCUT2D eigenvalue weighted by molar-refractivity contribution is -0.132. The number of benzene rings is 3. The number of hydrogen-bond acceptors (Lipinski definition) is 5. The van der Waals surface area contributed by atoms with Gasteiger partial charge in [0.15, 0.2) is 0 Å². The SMILES string of the molecule is CCCOc1cccc(/C(O)=C2/C(=O)C(=O)N(c3ccc(C(C)(C)C)cc3)C2c2cccc(OC)c2)c1. The van der Waals surface area contributed by atoms with E-state index in [1.807, 2.05) is 37.3 Å². The van der Waals surface area contributed by atoms with E-state index in [4.69, 9.17) is 9.47 Å². The highest BCUT2D eigenvalue weighted by molar-refractivity contribution is 6.51. The number of Topliss-reactive ketones (excluding diaryl/α,β-unsaturated/α-hetero) is 1. The first-order valence-corrected chi connectivity index (χ1v) is 12.4. The number of hydrogen-bond donors (Lipinski definition) is 1. The molecule has 1 amide bonds. The number of aliphatic hydroxyl groups is 1. The lowest BCUT2D eigenvalue weighted by atomic mass is 9.87. The van der Waals surface area contributed by atoms with Gasteiger partial charge in [-0.2, -0.15) is 0 Å². The molecular formula is C31H33NO5. The second-order valence-corrected chi connectivity index (χ2v) is 10.1. The summed E-state index contributed by atoms with van der Waals surface area (Å²) >= 11 is 0. The molecule has 0 spiro atoms. The van der Waals surface area contributed by atoms with Crippen molar-refractivity contribution in [3.8, 4) is 11.5 Å². The average molecular weight is 500 g/mol. The molecule has 37 heavy (non-hydrogen) atoms. The van der Waals surface area contributed by atoms with Crippen LogP contribution in [0.5, 0.6) is 11.5 Å². The molecule has 6 heteroatoms. The molecule has 0 saturated carbocycles. The number of nitrogens with zero attached hydrogens (tertiary/aromatic N) is 1. The Morgan fingerprint density at radius 3 is 2.27 bits per heavy atom. The van der Waals surface area contributed by atoms with Crippen LogP contribution in [0.25, 0.3) is 5.76 Å². The smallest absolute Gasteiger partial charge is 0.300 e. The van der Waals surface area contributed by atoms with E-state index >= 15 is 0 Å². The first-order valence-electron chi connectivity index (χ1n) is 12.4. The summed E-state index contributed by atoms with van der Waals surface area (Å²) in [6.45, 7) is 8.88. The van der Waals surface area contributed by atoms with Gasteiger partial charge in [0.2, 0.25) is 0 Å². The van der Waals surface area contributed by atoms with Crippen molar-refractivity contribution in [3.05, 3.63) is 95.1 Å². The van der Waals surface area contributed by atoms with Crippen LogP contribution in [-0.4, -0.2) is 30.5 Å². The summed E-state index contributed by atoms with van der Waals surface area (Å²) < 4.78 is 11.1. The van der Waals surface area contributed by atoms with Crippen molar-refractivity contribution >= 4 is 23.1 Å². The van der Waals surface area contributed by atoms with E-state index in [2.05, 4.69) is 20.8 Å². The first kappa shape index (κ1) is 26.0. The Bertz CT molecular complexity index is 1330. The largest absolute Gasteiger partial charge is 0.507 e. The quantitative estimate of drug-likeness (QED) is 0.231. The van der Waals surface area contributed by atoms with E-state index in [1.54, 1.807) is 49.6 Å². The van der Waals surface area contributed by atoms with E-state index in [1.165, 1.54) is 4.90 Å². The molecule has 192 valence electrons. The molecule has 0 aliphatic carbocycles. The second-order valence-electron chi connectivity index (χ2n) is 10.1. The van der Waals surface area contributed by atoms with Crippen molar-refractivity contribution in [3.63, 3.8) is 0 Å². The van der Waals surface area contributed by atoms with Crippen LogP contribution in [0.4, 0.5) is 5.69 Å². The summed E-state index contributed by atoms with van der Waals surface area (Å²) in [5.41, 5.74) is 2.69. The molecule has 0 bridgehead atoms. The molecule has 0 aromatic heterocycles. The molecule has 1 aliphatic heterocycles. The Balaban J connectivity index is 1.88. The van der Waals surface area contributed by atoms with Crippen molar-refractivity contribution in [2.75, 3.05) is 18.6 Å². The van der Waals surface area contributed by atoms with Gasteiger partial charge in [0, 0.05) is 11.3 Å². The highest BCUT2D eigenvalue weighted by atomic mass is 16.5. The van der Waals surface area contributed by atoms with Gasteiger partial charge in [-0.3, -0.25) is 14.5 Å². The van der Waals surface area contributed by atoms with Crippen LogP contribution in [-0.2, 0) is 15.0 Å². The van der Waals surface area contributed by atoms with Crippen molar-refractivity contribution in [2.24, 2.45) is 0 Å². The summed E-state index contributed by atoms with van der Waals surface area (Å²) in [6.07, 6.45) is 0.838. The number of amides is 1. The lowest BCUT2D eigenvalue weighted by Crippen LogP contribution is -2.29. The predicted octanol–water partition coefficient (Wildman–Crippen LogP) is 6.41. The van der Waals surface area contributed by atoms with Crippen LogP contribution < -0.4 is 14.4 Å². The molecule has 3 aromatic rings. The third-order valence-electron chi connectivity index (χ3n) is 6.45. The van der Waals surface area contributed by atoms with Gasteiger partial charge in [0.1, 0.15) is 17.3 Å². The number of carbonyl (C=O) groups is 2. The lowest BCUT2D eigenvalue weighted by Gasteiger charge is -2.27. The van der Waals surface area contributed by atoms with Crippen molar-refractivity contribution in [1.29, 1.82) is 0 Å². The van der Waals surface area contributed by atoms with Crippen LogP contribution >= 0.6 is 0 Å². The molecule has 1 unspecified atom stereocenters. The maximum absolute atomic E-state index is 13.5. The zero-order valence-corrected chi connectivity index (χ0v) is 21.9. The number of anilines is 1. The number of rotatable bonds is 7. The van der Waals surface area contributed by atoms with Gasteiger partial charge in [-0.15, -0.1) is 0 Å². The molecule has 1 fully saturated rings. The van der Waals surface area contributed by atoms with Gasteiger partial charge in [-0.1, -0.05) is 64.1 Å². The van der Waals surface area contributed by atoms with E-state index in [0.29, 0.717) is 34.9 Å². The van der Waals surface area contributed by atoms with Gasteiger partial charge in [0.25, 0.3) is 11.7 Å². The molecule has 3 aromatic carbocycles. The standard InChI is InChI=1S/C31H33NO5/c1-6-17-37-25-12-8-10-21(19-25)28(33)26-27(20-9-7-11-24(18-20)36-5)32(30(35)29(26)34)23-15-13-22(14-16-23)31(2,3)4/h7-16,18-19,27,33H,6,17H2,1-5H3/b28-26-. The minimum absolute atomic E-state index is 0.0193. The molecule has 1 heterocycles. The zero-order chi connectivity index (χ0) is 26.7. The summed E-state index contributed by atoms with van der Waals surface area (Å²) in [7, 11) is 1.56. The second kappa shape index (κ2) is 10.5. The maximum atomic E-state index is 13.5. The fourth-order valence-electron chi connectivity index (χ4n) is 4.46. The minimum atomic E-state index is -0.837. The molecular weight excluding hydrogens is 466 g/mol. The Kier molecular flexibility index (Phi) is 7.39. The average Bonchev–Trinajstić information content (AvgIpc) is 3.17. The number of ketones is 1. The Morgan fingerprint density at radius 1 is 0.946 bits per heavy atom. The van der Waals surface area contributed by atoms with Gasteiger partial charge in [0.05, 0.1) is 25.3 Å². The van der Waals surface area contributed by atoms with E-state index in [9.17, 15) is 14.7 Å². The van der Waals surface area contributed by atoms with Gasteiger partial charge >= 0.3 is 0 Å². The number of methoxy groups -OCH3 is 1. The molecule has 4 rings (SSSR count). The Hall–Kier alpha value is -4.06.